The van der Waals surface area contributed by atoms with Gasteiger partial charge in [-0.3, -0.25) is 4.68 Å². The summed E-state index contributed by atoms with van der Waals surface area (Å²) in [4.78, 5) is 8.02. The summed E-state index contributed by atoms with van der Waals surface area (Å²) < 4.78 is 37.7. The molecule has 5 rings (SSSR count). The predicted molar refractivity (Wildman–Crippen MR) is 119 cm³/mol. The van der Waals surface area contributed by atoms with E-state index in [4.69, 9.17) is 4.74 Å². The lowest BCUT2D eigenvalue weighted by Gasteiger charge is -2.09. The Morgan fingerprint density at radius 3 is 2.67 bits per heavy atom. The van der Waals surface area contributed by atoms with Crippen LogP contribution < -0.4 is 10.1 Å². The highest BCUT2D eigenvalue weighted by atomic mass is 19.1. The summed E-state index contributed by atoms with van der Waals surface area (Å²) in [6.07, 6.45) is 6.48. The highest BCUT2D eigenvalue weighted by Crippen LogP contribution is 2.26. The topological polar surface area (TPSA) is 82.7 Å². The molecule has 0 radical (unpaired) electrons. The van der Waals surface area contributed by atoms with E-state index in [0.717, 1.165) is 10.9 Å². The number of benzene rings is 2. The largest absolute Gasteiger partial charge is 0.494 e. The zero-order valence-electron chi connectivity index (χ0n) is 17.6. The molecule has 8 nitrogen and oxygen atoms in total. The Morgan fingerprint density at radius 1 is 1.09 bits per heavy atom. The normalized spacial score (nSPS) is 11.1. The fraction of sp³-hybridized carbons (Fsp3) is 0.130. The lowest BCUT2D eigenvalue weighted by molar-refractivity contribution is 0.335. The molecule has 0 saturated carbocycles. The number of rotatable bonds is 7. The van der Waals surface area contributed by atoms with Crippen molar-refractivity contribution in [3.05, 3.63) is 84.6 Å². The van der Waals surface area contributed by atoms with E-state index in [0.29, 0.717) is 23.9 Å². The third kappa shape index (κ3) is 4.10. The number of hydrogen-bond acceptors (Lipinski definition) is 6. The number of nitrogens with zero attached hydrogens (tertiary/aromatic N) is 6. The maximum Gasteiger partial charge on any atom is 0.183 e. The number of aromatic nitrogens is 6. The van der Waals surface area contributed by atoms with Crippen molar-refractivity contribution in [1.29, 1.82) is 0 Å². The van der Waals surface area contributed by atoms with E-state index in [1.54, 1.807) is 40.9 Å². The number of fused-ring (bicyclic) bond motifs is 1. The van der Waals surface area contributed by atoms with Gasteiger partial charge in [-0.25, -0.2) is 23.4 Å². The van der Waals surface area contributed by atoms with Crippen LogP contribution in [0.2, 0.25) is 0 Å². The summed E-state index contributed by atoms with van der Waals surface area (Å²) in [5.41, 5.74) is 1.33. The van der Waals surface area contributed by atoms with E-state index < -0.39 is 11.6 Å². The molecule has 5 aromatic rings. The molecule has 0 spiro atoms. The van der Waals surface area contributed by atoms with Gasteiger partial charge in [0.1, 0.15) is 29.5 Å². The molecule has 0 bridgehead atoms. The Kier molecular flexibility index (Phi) is 5.39. The van der Waals surface area contributed by atoms with Crippen molar-refractivity contribution in [1.82, 2.24) is 29.5 Å². The summed E-state index contributed by atoms with van der Waals surface area (Å²) in [7, 11) is 0. The van der Waals surface area contributed by atoms with Crippen LogP contribution in [0.1, 0.15) is 12.5 Å². The average Bonchev–Trinajstić information content (AvgIpc) is 3.42. The van der Waals surface area contributed by atoms with Crippen LogP contribution in [-0.4, -0.2) is 36.1 Å². The van der Waals surface area contributed by atoms with Crippen LogP contribution in [0.25, 0.3) is 16.7 Å². The van der Waals surface area contributed by atoms with Crippen molar-refractivity contribution in [2.45, 2.75) is 13.5 Å². The van der Waals surface area contributed by atoms with E-state index >= 15 is 0 Å². The van der Waals surface area contributed by atoms with Crippen LogP contribution in [-0.2, 0) is 6.54 Å². The Labute approximate surface area is 187 Å². The zero-order valence-corrected chi connectivity index (χ0v) is 17.6. The van der Waals surface area contributed by atoms with E-state index in [2.05, 4.69) is 25.5 Å². The molecule has 0 amide bonds. The molecule has 33 heavy (non-hydrogen) atoms. The van der Waals surface area contributed by atoms with Gasteiger partial charge in [0.05, 0.1) is 36.7 Å². The molecule has 0 aliphatic rings. The van der Waals surface area contributed by atoms with Crippen LogP contribution in [0.4, 0.5) is 20.3 Å². The molecule has 3 heterocycles. The molecule has 3 aromatic heterocycles. The van der Waals surface area contributed by atoms with Crippen molar-refractivity contribution in [2.75, 3.05) is 11.9 Å². The number of halogens is 2. The second kappa shape index (κ2) is 8.65. The summed E-state index contributed by atoms with van der Waals surface area (Å²) >= 11 is 0. The Balaban J connectivity index is 1.50. The van der Waals surface area contributed by atoms with Crippen LogP contribution in [0.5, 0.6) is 5.75 Å². The molecule has 10 heteroatoms. The van der Waals surface area contributed by atoms with Crippen molar-refractivity contribution in [3.63, 3.8) is 0 Å². The van der Waals surface area contributed by atoms with Gasteiger partial charge in [-0.1, -0.05) is 12.1 Å². The fourth-order valence-corrected chi connectivity index (χ4v) is 3.55. The molecule has 0 atom stereocenters. The van der Waals surface area contributed by atoms with Gasteiger partial charge in [0.25, 0.3) is 0 Å². The molecule has 0 saturated heterocycles. The Bertz CT molecular complexity index is 1390. The predicted octanol–water partition coefficient (Wildman–Crippen LogP) is 4.48. The molecule has 0 aliphatic heterocycles. The van der Waals surface area contributed by atoms with E-state index in [1.165, 1.54) is 18.5 Å². The third-order valence-electron chi connectivity index (χ3n) is 5.03. The first-order valence-electron chi connectivity index (χ1n) is 10.3. The summed E-state index contributed by atoms with van der Waals surface area (Å²) in [5.74, 6) is -0.0537. The van der Waals surface area contributed by atoms with Crippen molar-refractivity contribution in [2.24, 2.45) is 0 Å². The van der Waals surface area contributed by atoms with Gasteiger partial charge < -0.3 is 10.1 Å². The summed E-state index contributed by atoms with van der Waals surface area (Å²) in [5, 5.41) is 12.9. The highest BCUT2D eigenvalue weighted by Gasteiger charge is 2.18. The number of hydrogen-bond donors (Lipinski definition) is 1. The fourth-order valence-electron chi connectivity index (χ4n) is 3.55. The lowest BCUT2D eigenvalue weighted by Crippen LogP contribution is -2.08. The zero-order chi connectivity index (χ0) is 22.8. The van der Waals surface area contributed by atoms with Gasteiger partial charge in [0.15, 0.2) is 5.82 Å². The molecule has 0 fully saturated rings. The third-order valence-corrected chi connectivity index (χ3v) is 5.03. The van der Waals surface area contributed by atoms with Crippen molar-refractivity contribution in [3.8, 4) is 11.6 Å². The van der Waals surface area contributed by atoms with E-state index in [1.807, 2.05) is 24.3 Å². The summed E-state index contributed by atoms with van der Waals surface area (Å²) in [6.45, 7) is 1.99. The van der Waals surface area contributed by atoms with Gasteiger partial charge in [0.2, 0.25) is 0 Å². The number of para-hydroxylation sites is 1. The number of anilines is 2. The van der Waals surface area contributed by atoms with Crippen LogP contribution in [0.3, 0.4) is 0 Å². The minimum atomic E-state index is -0.685. The average molecular weight is 447 g/mol. The first-order chi connectivity index (χ1) is 16.1. The maximum atomic E-state index is 14.7. The van der Waals surface area contributed by atoms with Crippen LogP contribution in [0.15, 0.2) is 67.4 Å². The van der Waals surface area contributed by atoms with Crippen molar-refractivity contribution >= 4 is 22.4 Å². The maximum absolute atomic E-state index is 14.7. The minimum absolute atomic E-state index is 0.0854. The van der Waals surface area contributed by atoms with Crippen LogP contribution >= 0.6 is 0 Å². The van der Waals surface area contributed by atoms with Gasteiger partial charge in [0, 0.05) is 29.3 Å². The Hall–Kier alpha value is -4.34. The standard InChI is InChI=1S/C23H19F2N7O/c1-2-33-16-9-19(24)18(20(25)10-16)13-31-21-6-4-3-5-17(21)23(30-31)32-12-15(11-28-32)29-22-7-8-26-14-27-22/h3-12,14H,2,13H2,1H3,(H,26,27,29). The van der Waals surface area contributed by atoms with Crippen molar-refractivity contribution < 1.29 is 13.5 Å². The molecule has 0 aliphatic carbocycles. The molecule has 166 valence electrons. The second-order valence-electron chi connectivity index (χ2n) is 7.19. The quantitative estimate of drug-likeness (QED) is 0.396. The molecule has 2 aromatic carbocycles. The SMILES string of the molecule is CCOc1cc(F)c(Cn2nc(-n3cc(Nc4ccncn4)cn3)c3ccccc32)c(F)c1. The van der Waals surface area contributed by atoms with E-state index in [9.17, 15) is 8.78 Å². The van der Waals surface area contributed by atoms with Gasteiger partial charge in [-0.05, 0) is 25.1 Å². The van der Waals surface area contributed by atoms with Gasteiger partial charge in [-0.2, -0.15) is 10.2 Å². The second-order valence-corrected chi connectivity index (χ2v) is 7.19. The smallest absolute Gasteiger partial charge is 0.183 e. The Morgan fingerprint density at radius 2 is 1.91 bits per heavy atom. The first-order valence-corrected chi connectivity index (χ1v) is 10.3. The van der Waals surface area contributed by atoms with Gasteiger partial charge in [-0.15, -0.1) is 0 Å². The van der Waals surface area contributed by atoms with Crippen LogP contribution in [0, 0.1) is 11.6 Å². The molecule has 0 unspecified atom stereocenters. The summed E-state index contributed by atoms with van der Waals surface area (Å²) in [6, 6.07) is 11.6. The minimum Gasteiger partial charge on any atom is -0.494 e. The molecule has 1 N–H and O–H groups in total. The molecular formula is C23H19F2N7O. The van der Waals surface area contributed by atoms with E-state index in [-0.39, 0.29) is 17.9 Å². The molecular weight excluding hydrogens is 428 g/mol. The first kappa shape index (κ1) is 20.6. The van der Waals surface area contributed by atoms with Gasteiger partial charge >= 0.3 is 0 Å². The monoisotopic (exact) mass is 447 g/mol. The highest BCUT2D eigenvalue weighted by molar-refractivity contribution is 5.86. The lowest BCUT2D eigenvalue weighted by atomic mass is 10.2. The number of ether oxygens (including phenoxy) is 1. The number of nitrogens with one attached hydrogen (secondary N) is 1.